The standard InChI is InChI=1S/C23H23N5O/c1-16-4-3-5-21(27-16)23-20(15-26-28-23)18-10-11-25-22(14-18)17-6-8-19(9-7-17)29-13-12-24-2/h3-11,14-15,24H,12-13H2,1-2H3,(H,26,28). The molecule has 2 N–H and O–H groups in total. The summed E-state index contributed by atoms with van der Waals surface area (Å²) in [5, 5.41) is 10.4. The summed E-state index contributed by atoms with van der Waals surface area (Å²) in [6, 6.07) is 18.0. The molecule has 0 saturated heterocycles. The summed E-state index contributed by atoms with van der Waals surface area (Å²) < 4.78 is 5.69. The van der Waals surface area contributed by atoms with Crippen LogP contribution < -0.4 is 10.1 Å². The van der Waals surface area contributed by atoms with Crippen LogP contribution in [0.15, 0.2) is 67.0 Å². The summed E-state index contributed by atoms with van der Waals surface area (Å²) in [6.07, 6.45) is 3.65. The molecule has 0 aliphatic heterocycles. The van der Waals surface area contributed by atoms with Crippen LogP contribution in [0.4, 0.5) is 0 Å². The van der Waals surface area contributed by atoms with Crippen molar-refractivity contribution in [3.05, 3.63) is 72.7 Å². The summed E-state index contributed by atoms with van der Waals surface area (Å²) in [4.78, 5) is 9.16. The maximum Gasteiger partial charge on any atom is 0.119 e. The van der Waals surface area contributed by atoms with Gasteiger partial charge in [0.05, 0.1) is 23.3 Å². The first-order chi connectivity index (χ1) is 14.2. The van der Waals surface area contributed by atoms with Crippen molar-refractivity contribution in [3.8, 4) is 39.5 Å². The molecule has 3 heterocycles. The molecule has 6 nitrogen and oxygen atoms in total. The normalized spacial score (nSPS) is 10.8. The Balaban J connectivity index is 1.61. The average molecular weight is 385 g/mol. The molecule has 0 atom stereocenters. The van der Waals surface area contributed by atoms with E-state index in [1.54, 1.807) is 0 Å². The Kier molecular flexibility index (Phi) is 5.63. The zero-order chi connectivity index (χ0) is 20.1. The van der Waals surface area contributed by atoms with E-state index in [4.69, 9.17) is 4.74 Å². The van der Waals surface area contributed by atoms with E-state index in [9.17, 15) is 0 Å². The van der Waals surface area contributed by atoms with Crippen molar-refractivity contribution in [3.63, 3.8) is 0 Å². The first-order valence-electron chi connectivity index (χ1n) is 9.56. The SMILES string of the molecule is CNCCOc1ccc(-c2cc(-c3cn[nH]c3-c3cccc(C)n3)ccn2)cc1. The van der Waals surface area contributed by atoms with E-state index in [1.807, 2.05) is 74.9 Å². The number of nitrogens with zero attached hydrogens (tertiary/aromatic N) is 3. The first kappa shape index (κ1) is 18.8. The van der Waals surface area contributed by atoms with E-state index in [0.29, 0.717) is 6.61 Å². The van der Waals surface area contributed by atoms with Crippen molar-refractivity contribution in [2.75, 3.05) is 20.2 Å². The molecule has 0 aliphatic carbocycles. The summed E-state index contributed by atoms with van der Waals surface area (Å²) in [6.45, 7) is 3.43. The van der Waals surface area contributed by atoms with Gasteiger partial charge in [0.2, 0.25) is 0 Å². The molecular formula is C23H23N5O. The third-order valence-electron chi connectivity index (χ3n) is 4.63. The molecule has 0 bridgehead atoms. The molecule has 6 heteroatoms. The zero-order valence-electron chi connectivity index (χ0n) is 16.5. The topological polar surface area (TPSA) is 75.7 Å². The minimum absolute atomic E-state index is 0.639. The van der Waals surface area contributed by atoms with E-state index in [-0.39, 0.29) is 0 Å². The Bertz CT molecular complexity index is 1090. The van der Waals surface area contributed by atoms with Crippen LogP contribution in [-0.4, -0.2) is 40.4 Å². The van der Waals surface area contributed by atoms with Gasteiger partial charge in [0, 0.05) is 29.6 Å². The molecular weight excluding hydrogens is 362 g/mol. The predicted octanol–water partition coefficient (Wildman–Crippen LogP) is 4.11. The molecule has 0 amide bonds. The van der Waals surface area contributed by atoms with Gasteiger partial charge in [-0.05, 0) is 68.1 Å². The molecule has 3 aromatic heterocycles. The number of aromatic amines is 1. The molecule has 0 spiro atoms. The highest BCUT2D eigenvalue weighted by Gasteiger charge is 2.12. The second-order valence-electron chi connectivity index (χ2n) is 6.73. The lowest BCUT2D eigenvalue weighted by molar-refractivity contribution is 0.318. The van der Waals surface area contributed by atoms with Crippen molar-refractivity contribution < 1.29 is 4.74 Å². The molecule has 4 aromatic rings. The molecule has 0 unspecified atom stereocenters. The van der Waals surface area contributed by atoms with Crippen LogP contribution in [-0.2, 0) is 0 Å². The van der Waals surface area contributed by atoms with Crippen LogP contribution in [0.2, 0.25) is 0 Å². The summed E-state index contributed by atoms with van der Waals surface area (Å²) in [5.41, 5.74) is 6.71. The number of ether oxygens (including phenoxy) is 1. The number of rotatable bonds is 7. The second kappa shape index (κ2) is 8.67. The van der Waals surface area contributed by atoms with Gasteiger partial charge in [-0.15, -0.1) is 0 Å². The van der Waals surface area contributed by atoms with Crippen molar-refractivity contribution in [1.29, 1.82) is 0 Å². The van der Waals surface area contributed by atoms with Gasteiger partial charge in [-0.25, -0.2) is 0 Å². The number of aromatic nitrogens is 4. The third-order valence-corrected chi connectivity index (χ3v) is 4.63. The smallest absolute Gasteiger partial charge is 0.119 e. The maximum atomic E-state index is 5.69. The van der Waals surface area contributed by atoms with Gasteiger partial charge < -0.3 is 10.1 Å². The number of nitrogens with one attached hydrogen (secondary N) is 2. The van der Waals surface area contributed by atoms with Gasteiger partial charge >= 0.3 is 0 Å². The van der Waals surface area contributed by atoms with Gasteiger partial charge in [-0.1, -0.05) is 6.07 Å². The highest BCUT2D eigenvalue weighted by Crippen LogP contribution is 2.31. The van der Waals surface area contributed by atoms with E-state index >= 15 is 0 Å². The van der Waals surface area contributed by atoms with Gasteiger partial charge in [-0.3, -0.25) is 15.1 Å². The molecule has 146 valence electrons. The van der Waals surface area contributed by atoms with Crippen LogP contribution in [0.25, 0.3) is 33.8 Å². The highest BCUT2D eigenvalue weighted by molar-refractivity contribution is 5.80. The maximum absolute atomic E-state index is 5.69. The minimum Gasteiger partial charge on any atom is -0.492 e. The number of pyridine rings is 2. The Hall–Kier alpha value is -3.51. The molecule has 29 heavy (non-hydrogen) atoms. The quantitative estimate of drug-likeness (QED) is 0.468. The Morgan fingerprint density at radius 2 is 1.86 bits per heavy atom. The number of hydrogen-bond acceptors (Lipinski definition) is 5. The summed E-state index contributed by atoms with van der Waals surface area (Å²) in [7, 11) is 1.91. The largest absolute Gasteiger partial charge is 0.492 e. The van der Waals surface area contributed by atoms with Crippen molar-refractivity contribution in [2.45, 2.75) is 6.92 Å². The number of H-pyrrole nitrogens is 1. The van der Waals surface area contributed by atoms with Crippen molar-refractivity contribution in [2.24, 2.45) is 0 Å². The van der Waals surface area contributed by atoms with Crippen LogP contribution in [0, 0.1) is 6.92 Å². The summed E-state index contributed by atoms with van der Waals surface area (Å²) in [5.74, 6) is 0.850. The fraction of sp³-hybridized carbons (Fsp3) is 0.174. The number of benzene rings is 1. The average Bonchev–Trinajstić information content (AvgIpc) is 3.25. The van der Waals surface area contributed by atoms with Crippen LogP contribution >= 0.6 is 0 Å². The lowest BCUT2D eigenvalue weighted by Crippen LogP contribution is -2.15. The van der Waals surface area contributed by atoms with E-state index in [2.05, 4.69) is 31.5 Å². The molecule has 1 aromatic carbocycles. The predicted molar refractivity (Wildman–Crippen MR) is 115 cm³/mol. The number of hydrogen-bond donors (Lipinski definition) is 2. The molecule has 0 saturated carbocycles. The van der Waals surface area contributed by atoms with E-state index in [0.717, 1.165) is 51.8 Å². The van der Waals surface area contributed by atoms with E-state index < -0.39 is 0 Å². The number of likely N-dealkylation sites (N-methyl/N-ethyl adjacent to an activating group) is 1. The van der Waals surface area contributed by atoms with Crippen LogP contribution in [0.1, 0.15) is 5.69 Å². The van der Waals surface area contributed by atoms with Crippen molar-refractivity contribution >= 4 is 0 Å². The first-order valence-corrected chi connectivity index (χ1v) is 9.56. The second-order valence-corrected chi connectivity index (χ2v) is 6.73. The van der Waals surface area contributed by atoms with Crippen LogP contribution in [0.5, 0.6) is 5.75 Å². The molecule has 0 aliphatic rings. The van der Waals surface area contributed by atoms with Gasteiger partial charge in [0.15, 0.2) is 0 Å². The third kappa shape index (κ3) is 4.33. The Morgan fingerprint density at radius 3 is 2.66 bits per heavy atom. The molecule has 0 radical (unpaired) electrons. The molecule has 4 rings (SSSR count). The van der Waals surface area contributed by atoms with Crippen molar-refractivity contribution in [1.82, 2.24) is 25.5 Å². The fourth-order valence-corrected chi connectivity index (χ4v) is 3.13. The number of aryl methyl sites for hydroxylation is 1. The van der Waals surface area contributed by atoms with E-state index in [1.165, 1.54) is 0 Å². The van der Waals surface area contributed by atoms with Gasteiger partial charge in [-0.2, -0.15) is 5.10 Å². The van der Waals surface area contributed by atoms with Crippen LogP contribution in [0.3, 0.4) is 0 Å². The zero-order valence-corrected chi connectivity index (χ0v) is 16.5. The lowest BCUT2D eigenvalue weighted by atomic mass is 10.0. The minimum atomic E-state index is 0.639. The van der Waals surface area contributed by atoms with Gasteiger partial charge in [0.1, 0.15) is 12.4 Å². The lowest BCUT2D eigenvalue weighted by Gasteiger charge is -2.08. The Morgan fingerprint density at radius 1 is 1.00 bits per heavy atom. The monoisotopic (exact) mass is 385 g/mol. The summed E-state index contributed by atoms with van der Waals surface area (Å²) >= 11 is 0. The van der Waals surface area contributed by atoms with Gasteiger partial charge in [0.25, 0.3) is 0 Å². The highest BCUT2D eigenvalue weighted by atomic mass is 16.5. The fourth-order valence-electron chi connectivity index (χ4n) is 3.13. The Labute approximate surface area is 170 Å². The molecule has 0 fully saturated rings.